The Morgan fingerprint density at radius 1 is 1.29 bits per heavy atom. The van der Waals surface area contributed by atoms with Gasteiger partial charge in [-0.15, -0.1) is 0 Å². The van der Waals surface area contributed by atoms with Crippen LogP contribution in [0.3, 0.4) is 0 Å². The lowest BCUT2D eigenvalue weighted by Crippen LogP contribution is -2.47. The minimum atomic E-state index is 0.112. The Kier molecular flexibility index (Phi) is 2.37. The molecule has 0 atom stereocenters. The van der Waals surface area contributed by atoms with Gasteiger partial charge in [0, 0.05) is 18.7 Å². The van der Waals surface area contributed by atoms with E-state index in [1.54, 1.807) is 17.1 Å². The zero-order valence-corrected chi connectivity index (χ0v) is 7.86. The van der Waals surface area contributed by atoms with E-state index in [0.717, 1.165) is 18.7 Å². The van der Waals surface area contributed by atoms with Crippen molar-refractivity contribution in [2.45, 2.75) is 12.8 Å². The molecule has 74 valence electrons. The van der Waals surface area contributed by atoms with Crippen LogP contribution in [0.25, 0.3) is 0 Å². The number of hydrogen-bond acceptors (Lipinski definition) is 3. The van der Waals surface area contributed by atoms with Crippen molar-refractivity contribution in [3.05, 3.63) is 24.3 Å². The van der Waals surface area contributed by atoms with E-state index >= 15 is 0 Å². The Labute approximate surface area is 82.7 Å². The van der Waals surface area contributed by atoms with Crippen LogP contribution in [0, 0.1) is 0 Å². The third kappa shape index (κ3) is 1.70. The largest absolute Gasteiger partial charge is 0.399 e. The van der Waals surface area contributed by atoms with Gasteiger partial charge in [0.2, 0.25) is 5.91 Å². The number of amides is 1. The molecule has 1 aliphatic rings. The summed E-state index contributed by atoms with van der Waals surface area (Å²) in [6.07, 6.45) is 1.52. The van der Waals surface area contributed by atoms with Gasteiger partial charge < -0.3 is 5.73 Å². The van der Waals surface area contributed by atoms with Crippen molar-refractivity contribution in [1.29, 1.82) is 0 Å². The molecule has 1 aromatic carbocycles. The molecule has 1 saturated heterocycles. The molecule has 1 aromatic rings. The van der Waals surface area contributed by atoms with Crippen LogP contribution in [-0.4, -0.2) is 12.5 Å². The molecule has 0 aromatic heterocycles. The minimum absolute atomic E-state index is 0.112. The molecule has 4 nitrogen and oxygen atoms in total. The fraction of sp³-hybridized carbons (Fsp3) is 0.300. The first kappa shape index (κ1) is 9.02. The Morgan fingerprint density at radius 3 is 2.64 bits per heavy atom. The van der Waals surface area contributed by atoms with E-state index in [4.69, 9.17) is 5.73 Å². The minimum Gasteiger partial charge on any atom is -0.399 e. The van der Waals surface area contributed by atoms with Crippen LogP contribution < -0.4 is 16.2 Å². The van der Waals surface area contributed by atoms with Crippen LogP contribution in [0.2, 0.25) is 0 Å². The molecule has 0 spiro atoms. The van der Waals surface area contributed by atoms with Crippen molar-refractivity contribution < 1.29 is 4.79 Å². The normalized spacial score (nSPS) is 17.1. The number of benzene rings is 1. The van der Waals surface area contributed by atoms with Crippen molar-refractivity contribution in [2.24, 2.45) is 0 Å². The van der Waals surface area contributed by atoms with Gasteiger partial charge in [-0.25, -0.2) is 10.4 Å². The predicted molar refractivity (Wildman–Crippen MR) is 55.6 cm³/mol. The third-order valence-corrected chi connectivity index (χ3v) is 2.24. The molecule has 2 rings (SSSR count). The molecular formula is C10H13N3O. The van der Waals surface area contributed by atoms with Crippen LogP contribution in [0.5, 0.6) is 0 Å². The maximum Gasteiger partial charge on any atom is 0.241 e. The number of carbonyl (C=O) groups is 1. The summed E-state index contributed by atoms with van der Waals surface area (Å²) in [6, 6.07) is 7.26. The highest BCUT2D eigenvalue weighted by molar-refractivity contribution is 5.93. The summed E-state index contributed by atoms with van der Waals surface area (Å²) in [5.41, 5.74) is 10.2. The van der Waals surface area contributed by atoms with Gasteiger partial charge in [0.05, 0.1) is 5.69 Å². The number of carbonyl (C=O) groups excluding carboxylic acids is 1. The first-order valence-electron chi connectivity index (χ1n) is 4.69. The number of hydrogen-bond donors (Lipinski definition) is 2. The van der Waals surface area contributed by atoms with Crippen LogP contribution in [0.4, 0.5) is 11.4 Å². The summed E-state index contributed by atoms with van der Waals surface area (Å²) in [6.45, 7) is 0.843. The molecule has 0 aliphatic carbocycles. The molecule has 1 amide bonds. The molecule has 4 heteroatoms. The maximum atomic E-state index is 11.5. The summed E-state index contributed by atoms with van der Waals surface area (Å²) in [5.74, 6) is 0.112. The van der Waals surface area contributed by atoms with Gasteiger partial charge in [0.1, 0.15) is 0 Å². The number of anilines is 2. The number of nitrogens with one attached hydrogen (secondary N) is 1. The Hall–Kier alpha value is -1.55. The lowest BCUT2D eigenvalue weighted by molar-refractivity contribution is -0.120. The number of nitrogen functional groups attached to an aromatic ring is 1. The SMILES string of the molecule is Nc1ccc(N2NCCCC2=O)cc1. The molecule has 1 aliphatic heterocycles. The zero-order chi connectivity index (χ0) is 9.97. The van der Waals surface area contributed by atoms with E-state index in [2.05, 4.69) is 5.43 Å². The standard InChI is InChI=1S/C10H13N3O/c11-8-3-5-9(6-4-8)13-10(14)2-1-7-12-13/h3-6,12H,1-2,7,11H2. The van der Waals surface area contributed by atoms with Crippen molar-refractivity contribution in [1.82, 2.24) is 5.43 Å². The fourth-order valence-corrected chi connectivity index (χ4v) is 1.49. The summed E-state index contributed by atoms with van der Waals surface area (Å²) >= 11 is 0. The van der Waals surface area contributed by atoms with E-state index in [9.17, 15) is 4.79 Å². The van der Waals surface area contributed by atoms with E-state index in [1.807, 2.05) is 12.1 Å². The summed E-state index contributed by atoms with van der Waals surface area (Å²) < 4.78 is 0. The number of hydrazine groups is 1. The topological polar surface area (TPSA) is 58.4 Å². The van der Waals surface area contributed by atoms with E-state index < -0.39 is 0 Å². The Balaban J connectivity index is 2.20. The van der Waals surface area contributed by atoms with Gasteiger partial charge in [-0.3, -0.25) is 4.79 Å². The maximum absolute atomic E-state index is 11.5. The number of nitrogens with zero attached hydrogens (tertiary/aromatic N) is 1. The Bertz CT molecular complexity index is 334. The first-order chi connectivity index (χ1) is 6.77. The van der Waals surface area contributed by atoms with Crippen LogP contribution >= 0.6 is 0 Å². The second-order valence-electron chi connectivity index (χ2n) is 3.33. The predicted octanol–water partition coefficient (Wildman–Crippen LogP) is 0.900. The highest BCUT2D eigenvalue weighted by Crippen LogP contribution is 2.17. The average Bonchev–Trinajstić information content (AvgIpc) is 2.20. The molecule has 0 radical (unpaired) electrons. The van der Waals surface area contributed by atoms with Crippen molar-refractivity contribution >= 4 is 17.3 Å². The smallest absolute Gasteiger partial charge is 0.241 e. The van der Waals surface area contributed by atoms with Gasteiger partial charge in [-0.05, 0) is 30.7 Å². The first-order valence-corrected chi connectivity index (χ1v) is 4.69. The summed E-state index contributed by atoms with van der Waals surface area (Å²) in [7, 11) is 0. The van der Waals surface area contributed by atoms with Gasteiger partial charge in [-0.2, -0.15) is 0 Å². The molecule has 0 unspecified atom stereocenters. The molecular weight excluding hydrogens is 178 g/mol. The number of nitrogens with two attached hydrogens (primary N) is 1. The monoisotopic (exact) mass is 191 g/mol. The van der Waals surface area contributed by atoms with Crippen molar-refractivity contribution in [3.8, 4) is 0 Å². The molecule has 14 heavy (non-hydrogen) atoms. The van der Waals surface area contributed by atoms with Crippen LogP contribution in [-0.2, 0) is 4.79 Å². The summed E-state index contributed by atoms with van der Waals surface area (Å²) in [4.78, 5) is 11.5. The van der Waals surface area contributed by atoms with Crippen molar-refractivity contribution in [2.75, 3.05) is 17.3 Å². The van der Waals surface area contributed by atoms with Gasteiger partial charge in [-0.1, -0.05) is 0 Å². The highest BCUT2D eigenvalue weighted by Gasteiger charge is 2.18. The molecule has 0 saturated carbocycles. The average molecular weight is 191 g/mol. The van der Waals surface area contributed by atoms with Gasteiger partial charge >= 0.3 is 0 Å². The Morgan fingerprint density at radius 2 is 2.00 bits per heavy atom. The lowest BCUT2D eigenvalue weighted by Gasteiger charge is -2.27. The second kappa shape index (κ2) is 3.67. The molecule has 1 heterocycles. The molecule has 3 N–H and O–H groups in total. The highest BCUT2D eigenvalue weighted by atomic mass is 16.2. The van der Waals surface area contributed by atoms with Crippen LogP contribution in [0.15, 0.2) is 24.3 Å². The van der Waals surface area contributed by atoms with Crippen LogP contribution in [0.1, 0.15) is 12.8 Å². The summed E-state index contributed by atoms with van der Waals surface area (Å²) in [5, 5.41) is 1.59. The molecule has 1 fully saturated rings. The van der Waals surface area contributed by atoms with Gasteiger partial charge in [0.25, 0.3) is 0 Å². The quantitative estimate of drug-likeness (QED) is 0.648. The second-order valence-corrected chi connectivity index (χ2v) is 3.33. The zero-order valence-electron chi connectivity index (χ0n) is 7.86. The number of rotatable bonds is 1. The van der Waals surface area contributed by atoms with Gasteiger partial charge in [0.15, 0.2) is 0 Å². The van der Waals surface area contributed by atoms with Crippen molar-refractivity contribution in [3.63, 3.8) is 0 Å². The van der Waals surface area contributed by atoms with E-state index in [0.29, 0.717) is 12.1 Å². The third-order valence-electron chi connectivity index (χ3n) is 2.24. The van der Waals surface area contributed by atoms with E-state index in [1.165, 1.54) is 0 Å². The fourth-order valence-electron chi connectivity index (χ4n) is 1.49. The molecule has 0 bridgehead atoms. The lowest BCUT2D eigenvalue weighted by atomic mass is 10.2. The van der Waals surface area contributed by atoms with E-state index in [-0.39, 0.29) is 5.91 Å².